The number of rotatable bonds is 3. The van der Waals surface area contributed by atoms with Gasteiger partial charge in [-0.05, 0) is 12.5 Å². The molecule has 0 bridgehead atoms. The number of carbonyl (C=O) groups is 1. The molecule has 0 saturated carbocycles. The number of carbonyl (C=O) groups excluding carboxylic acids is 1. The van der Waals surface area contributed by atoms with Crippen LogP contribution in [0, 0.1) is 6.92 Å². The van der Waals surface area contributed by atoms with Crippen molar-refractivity contribution >= 4 is 5.91 Å². The Hall–Kier alpha value is -1.39. The Labute approximate surface area is 102 Å². The van der Waals surface area contributed by atoms with E-state index in [1.54, 1.807) is 0 Å². The number of aryl methyl sites for hydroxylation is 1. The molecule has 2 rings (SSSR count). The number of hydrogen-bond donors (Lipinski definition) is 2. The van der Waals surface area contributed by atoms with Crippen molar-refractivity contribution in [3.05, 3.63) is 35.4 Å². The van der Waals surface area contributed by atoms with Crippen molar-refractivity contribution in [1.82, 2.24) is 10.2 Å². The summed E-state index contributed by atoms with van der Waals surface area (Å²) >= 11 is 0. The van der Waals surface area contributed by atoms with Gasteiger partial charge in [0.15, 0.2) is 0 Å². The molecule has 1 amide bonds. The molecular formula is C13H19N3O. The summed E-state index contributed by atoms with van der Waals surface area (Å²) in [5.41, 5.74) is 8.27. The third kappa shape index (κ3) is 2.84. The monoisotopic (exact) mass is 233 g/mol. The predicted molar refractivity (Wildman–Crippen MR) is 67.6 cm³/mol. The van der Waals surface area contributed by atoms with Gasteiger partial charge in [0.2, 0.25) is 5.91 Å². The first-order valence-electron chi connectivity index (χ1n) is 5.98. The minimum Gasteiger partial charge on any atom is -0.354 e. The summed E-state index contributed by atoms with van der Waals surface area (Å²) in [5.74, 6) is 0.0850. The van der Waals surface area contributed by atoms with Crippen molar-refractivity contribution in [2.45, 2.75) is 13.0 Å². The summed E-state index contributed by atoms with van der Waals surface area (Å²) in [6, 6.07) is 8.50. The molecule has 1 heterocycles. The summed E-state index contributed by atoms with van der Waals surface area (Å²) < 4.78 is 0. The van der Waals surface area contributed by atoms with Crippen LogP contribution in [0.5, 0.6) is 0 Å². The van der Waals surface area contributed by atoms with Crippen molar-refractivity contribution in [3.8, 4) is 0 Å². The first-order valence-corrected chi connectivity index (χ1v) is 5.98. The Balaban J connectivity index is 2.15. The van der Waals surface area contributed by atoms with E-state index in [4.69, 9.17) is 5.73 Å². The molecular weight excluding hydrogens is 214 g/mol. The van der Waals surface area contributed by atoms with Gasteiger partial charge in [0.1, 0.15) is 0 Å². The number of nitrogens with zero attached hydrogens (tertiary/aromatic N) is 1. The lowest BCUT2D eigenvalue weighted by Gasteiger charge is -2.33. The van der Waals surface area contributed by atoms with Crippen LogP contribution in [0.15, 0.2) is 24.3 Å². The molecule has 0 aromatic heterocycles. The highest BCUT2D eigenvalue weighted by molar-refractivity contribution is 5.78. The van der Waals surface area contributed by atoms with Crippen LogP contribution < -0.4 is 11.1 Å². The van der Waals surface area contributed by atoms with Gasteiger partial charge in [0, 0.05) is 25.7 Å². The van der Waals surface area contributed by atoms with Crippen LogP contribution in [0.3, 0.4) is 0 Å². The number of nitrogens with two attached hydrogens (primary N) is 1. The molecule has 1 saturated heterocycles. The van der Waals surface area contributed by atoms with Gasteiger partial charge in [-0.3, -0.25) is 9.69 Å². The summed E-state index contributed by atoms with van der Waals surface area (Å²) in [4.78, 5) is 13.5. The molecule has 4 heteroatoms. The standard InChI is InChI=1S/C13H19N3O/c1-10-2-4-11(5-3-10)12(8-14)16-7-6-15-13(17)9-16/h2-5,12H,6-9,14H2,1H3,(H,15,17). The quantitative estimate of drug-likeness (QED) is 0.796. The van der Waals surface area contributed by atoms with Gasteiger partial charge < -0.3 is 11.1 Å². The molecule has 3 N–H and O–H groups in total. The Kier molecular flexibility index (Phi) is 3.76. The number of amides is 1. The van der Waals surface area contributed by atoms with E-state index in [-0.39, 0.29) is 11.9 Å². The second kappa shape index (κ2) is 5.29. The van der Waals surface area contributed by atoms with Crippen molar-refractivity contribution < 1.29 is 4.79 Å². The molecule has 0 spiro atoms. The minimum atomic E-state index is 0.0850. The van der Waals surface area contributed by atoms with Gasteiger partial charge in [-0.2, -0.15) is 0 Å². The Bertz CT molecular complexity index is 388. The second-order valence-corrected chi connectivity index (χ2v) is 4.48. The average Bonchev–Trinajstić information content (AvgIpc) is 2.33. The normalized spacial score (nSPS) is 18.8. The zero-order valence-electron chi connectivity index (χ0n) is 10.1. The van der Waals surface area contributed by atoms with E-state index >= 15 is 0 Å². The third-order valence-electron chi connectivity index (χ3n) is 3.19. The second-order valence-electron chi connectivity index (χ2n) is 4.48. The van der Waals surface area contributed by atoms with Crippen LogP contribution in [0.1, 0.15) is 17.2 Å². The van der Waals surface area contributed by atoms with Gasteiger partial charge >= 0.3 is 0 Å². The van der Waals surface area contributed by atoms with E-state index in [1.165, 1.54) is 11.1 Å². The molecule has 92 valence electrons. The SMILES string of the molecule is Cc1ccc(C(CN)N2CCNC(=O)C2)cc1. The topological polar surface area (TPSA) is 58.4 Å². The predicted octanol–water partition coefficient (Wildman–Crippen LogP) is 0.427. The molecule has 17 heavy (non-hydrogen) atoms. The summed E-state index contributed by atoms with van der Waals surface area (Å²) in [5, 5.41) is 2.83. The fourth-order valence-electron chi connectivity index (χ4n) is 2.21. The van der Waals surface area contributed by atoms with Crippen molar-refractivity contribution in [2.75, 3.05) is 26.2 Å². The highest BCUT2D eigenvalue weighted by atomic mass is 16.2. The van der Waals surface area contributed by atoms with E-state index in [0.717, 1.165) is 6.54 Å². The van der Waals surface area contributed by atoms with E-state index in [0.29, 0.717) is 19.6 Å². The van der Waals surface area contributed by atoms with Gasteiger partial charge in [-0.1, -0.05) is 29.8 Å². The lowest BCUT2D eigenvalue weighted by atomic mass is 10.0. The number of hydrogen-bond acceptors (Lipinski definition) is 3. The van der Waals surface area contributed by atoms with Crippen molar-refractivity contribution in [1.29, 1.82) is 0 Å². The maximum absolute atomic E-state index is 11.4. The van der Waals surface area contributed by atoms with Crippen molar-refractivity contribution in [2.24, 2.45) is 5.73 Å². The molecule has 0 aliphatic carbocycles. The fraction of sp³-hybridized carbons (Fsp3) is 0.462. The molecule has 1 aromatic carbocycles. The lowest BCUT2D eigenvalue weighted by Crippen LogP contribution is -2.50. The Morgan fingerprint density at radius 1 is 1.41 bits per heavy atom. The zero-order chi connectivity index (χ0) is 12.3. The highest BCUT2D eigenvalue weighted by Gasteiger charge is 2.24. The summed E-state index contributed by atoms with van der Waals surface area (Å²) in [7, 11) is 0. The van der Waals surface area contributed by atoms with Gasteiger partial charge in [0.25, 0.3) is 0 Å². The van der Waals surface area contributed by atoms with E-state index in [9.17, 15) is 4.79 Å². The van der Waals surface area contributed by atoms with Crippen LogP contribution in [0.2, 0.25) is 0 Å². The van der Waals surface area contributed by atoms with Crippen LogP contribution >= 0.6 is 0 Å². The number of benzene rings is 1. The highest BCUT2D eigenvalue weighted by Crippen LogP contribution is 2.20. The van der Waals surface area contributed by atoms with Crippen LogP contribution in [-0.2, 0) is 4.79 Å². The van der Waals surface area contributed by atoms with E-state index in [1.807, 2.05) is 0 Å². The van der Waals surface area contributed by atoms with E-state index in [2.05, 4.69) is 41.4 Å². The van der Waals surface area contributed by atoms with Gasteiger partial charge in [-0.25, -0.2) is 0 Å². The molecule has 1 atom stereocenters. The maximum atomic E-state index is 11.4. The molecule has 1 aromatic rings. The molecule has 1 unspecified atom stereocenters. The lowest BCUT2D eigenvalue weighted by molar-refractivity contribution is -0.124. The third-order valence-corrected chi connectivity index (χ3v) is 3.19. The van der Waals surface area contributed by atoms with Crippen LogP contribution in [-0.4, -0.2) is 37.0 Å². The molecule has 1 aliphatic heterocycles. The van der Waals surface area contributed by atoms with Crippen molar-refractivity contribution in [3.63, 3.8) is 0 Å². The summed E-state index contributed by atoms with van der Waals surface area (Å²) in [6.07, 6.45) is 0. The van der Waals surface area contributed by atoms with Gasteiger partial charge in [0.05, 0.1) is 6.54 Å². The molecule has 1 aliphatic rings. The summed E-state index contributed by atoms with van der Waals surface area (Å²) in [6.45, 7) is 4.62. The van der Waals surface area contributed by atoms with Gasteiger partial charge in [-0.15, -0.1) is 0 Å². The number of piperazine rings is 1. The Morgan fingerprint density at radius 3 is 2.71 bits per heavy atom. The molecule has 0 radical (unpaired) electrons. The molecule has 4 nitrogen and oxygen atoms in total. The zero-order valence-corrected chi connectivity index (χ0v) is 10.1. The Morgan fingerprint density at radius 2 is 2.12 bits per heavy atom. The first kappa shape index (κ1) is 12.1. The molecule has 1 fully saturated rings. The van der Waals surface area contributed by atoms with E-state index < -0.39 is 0 Å². The fourth-order valence-corrected chi connectivity index (χ4v) is 2.21. The van der Waals surface area contributed by atoms with Crippen LogP contribution in [0.4, 0.5) is 0 Å². The maximum Gasteiger partial charge on any atom is 0.234 e. The first-order chi connectivity index (χ1) is 8.20. The number of nitrogens with one attached hydrogen (secondary N) is 1. The largest absolute Gasteiger partial charge is 0.354 e. The smallest absolute Gasteiger partial charge is 0.234 e. The minimum absolute atomic E-state index is 0.0850. The average molecular weight is 233 g/mol. The van der Waals surface area contributed by atoms with Crippen LogP contribution in [0.25, 0.3) is 0 Å².